The highest BCUT2D eigenvalue weighted by Crippen LogP contribution is 2.28. The Morgan fingerprint density at radius 2 is 2.10 bits per heavy atom. The van der Waals surface area contributed by atoms with Crippen molar-refractivity contribution in [2.75, 3.05) is 13.1 Å². The minimum atomic E-state index is 0.0931. The van der Waals surface area contributed by atoms with Crippen LogP contribution < -0.4 is 4.74 Å². The Labute approximate surface area is 120 Å². The van der Waals surface area contributed by atoms with Gasteiger partial charge in [-0.05, 0) is 25.3 Å². The highest BCUT2D eigenvalue weighted by atomic mass is 16.5. The van der Waals surface area contributed by atoms with Crippen LogP contribution in [0.25, 0.3) is 0 Å². The normalized spacial score (nSPS) is 23.2. The molecule has 1 atom stereocenters. The Morgan fingerprint density at radius 1 is 1.30 bits per heavy atom. The van der Waals surface area contributed by atoms with Gasteiger partial charge < -0.3 is 9.64 Å². The van der Waals surface area contributed by atoms with Crippen molar-refractivity contribution >= 4 is 5.91 Å². The van der Waals surface area contributed by atoms with Crippen molar-refractivity contribution in [3.8, 4) is 5.88 Å². The summed E-state index contributed by atoms with van der Waals surface area (Å²) in [6.45, 7) is 3.55. The molecule has 0 spiro atoms. The van der Waals surface area contributed by atoms with Gasteiger partial charge in [0.15, 0.2) is 0 Å². The van der Waals surface area contributed by atoms with E-state index in [1.165, 1.54) is 12.8 Å². The molecule has 2 heterocycles. The Bertz CT molecular complexity index is 466. The van der Waals surface area contributed by atoms with Crippen molar-refractivity contribution in [1.82, 2.24) is 9.88 Å². The molecule has 0 bridgehead atoms. The standard InChI is InChI=1S/C16H22N2O2/c1-12-6-7-15(17-10-12)20-14-8-9-18(11-14)16(19)13-4-2-3-5-13/h6-7,10,13-14H,2-5,8-9,11H2,1H3. The number of pyridine rings is 1. The van der Waals surface area contributed by atoms with E-state index < -0.39 is 0 Å². The lowest BCUT2D eigenvalue weighted by Gasteiger charge is -2.20. The van der Waals surface area contributed by atoms with Crippen molar-refractivity contribution in [1.29, 1.82) is 0 Å². The van der Waals surface area contributed by atoms with Crippen LogP contribution in [-0.4, -0.2) is 35.0 Å². The molecule has 1 unspecified atom stereocenters. The fourth-order valence-corrected chi connectivity index (χ4v) is 3.15. The average Bonchev–Trinajstić information content (AvgIpc) is 3.12. The summed E-state index contributed by atoms with van der Waals surface area (Å²) < 4.78 is 5.87. The number of aryl methyl sites for hydroxylation is 1. The Morgan fingerprint density at radius 3 is 2.80 bits per heavy atom. The van der Waals surface area contributed by atoms with Crippen molar-refractivity contribution < 1.29 is 9.53 Å². The number of nitrogens with zero attached hydrogens (tertiary/aromatic N) is 2. The predicted octanol–water partition coefficient (Wildman–Crippen LogP) is 2.56. The van der Waals surface area contributed by atoms with E-state index in [-0.39, 0.29) is 12.0 Å². The van der Waals surface area contributed by atoms with Gasteiger partial charge in [0.1, 0.15) is 6.10 Å². The van der Waals surface area contributed by atoms with E-state index >= 15 is 0 Å². The molecule has 1 saturated heterocycles. The molecular formula is C16H22N2O2. The van der Waals surface area contributed by atoms with Gasteiger partial charge in [0.25, 0.3) is 0 Å². The van der Waals surface area contributed by atoms with Crippen LogP contribution >= 0.6 is 0 Å². The first-order valence-corrected chi connectivity index (χ1v) is 7.60. The van der Waals surface area contributed by atoms with Gasteiger partial charge >= 0.3 is 0 Å². The minimum absolute atomic E-state index is 0.0931. The maximum absolute atomic E-state index is 12.3. The number of hydrogen-bond donors (Lipinski definition) is 0. The second-order valence-electron chi connectivity index (χ2n) is 5.97. The monoisotopic (exact) mass is 274 g/mol. The summed E-state index contributed by atoms with van der Waals surface area (Å²) in [7, 11) is 0. The smallest absolute Gasteiger partial charge is 0.225 e. The fraction of sp³-hybridized carbons (Fsp3) is 0.625. The van der Waals surface area contributed by atoms with Crippen molar-refractivity contribution in [3.63, 3.8) is 0 Å². The molecule has 1 aliphatic heterocycles. The largest absolute Gasteiger partial charge is 0.472 e. The summed E-state index contributed by atoms with van der Waals surface area (Å²) >= 11 is 0. The Hall–Kier alpha value is -1.58. The SMILES string of the molecule is Cc1ccc(OC2CCN(C(=O)C3CCCC3)C2)nc1. The molecule has 3 rings (SSSR count). The van der Waals surface area contributed by atoms with Crippen molar-refractivity contribution in [2.24, 2.45) is 5.92 Å². The summed E-state index contributed by atoms with van der Waals surface area (Å²) in [5.74, 6) is 1.27. The van der Waals surface area contributed by atoms with Crippen LogP contribution in [0.3, 0.4) is 0 Å². The van der Waals surface area contributed by atoms with Gasteiger partial charge in [-0.15, -0.1) is 0 Å². The zero-order chi connectivity index (χ0) is 13.9. The molecule has 1 aliphatic carbocycles. The van der Waals surface area contributed by atoms with Crippen LogP contribution in [0, 0.1) is 12.8 Å². The summed E-state index contributed by atoms with van der Waals surface area (Å²) in [5, 5.41) is 0. The lowest BCUT2D eigenvalue weighted by Crippen LogP contribution is -2.34. The average molecular weight is 274 g/mol. The zero-order valence-corrected chi connectivity index (χ0v) is 12.0. The fourth-order valence-electron chi connectivity index (χ4n) is 3.15. The number of likely N-dealkylation sites (tertiary alicyclic amines) is 1. The third kappa shape index (κ3) is 2.94. The summed E-state index contributed by atoms with van der Waals surface area (Å²) in [5.41, 5.74) is 1.13. The molecule has 4 nitrogen and oxygen atoms in total. The van der Waals surface area contributed by atoms with E-state index in [0.717, 1.165) is 31.4 Å². The zero-order valence-electron chi connectivity index (χ0n) is 12.0. The van der Waals surface area contributed by atoms with Crippen LogP contribution in [-0.2, 0) is 4.79 Å². The number of carbonyl (C=O) groups is 1. The van der Waals surface area contributed by atoms with Crippen LogP contribution in [0.4, 0.5) is 0 Å². The van der Waals surface area contributed by atoms with Crippen LogP contribution in [0.15, 0.2) is 18.3 Å². The van der Waals surface area contributed by atoms with Crippen LogP contribution in [0.5, 0.6) is 5.88 Å². The molecule has 0 radical (unpaired) electrons. The molecule has 0 N–H and O–H groups in total. The third-order valence-electron chi connectivity index (χ3n) is 4.33. The summed E-state index contributed by atoms with van der Waals surface area (Å²) in [6.07, 6.45) is 7.37. The first-order valence-electron chi connectivity index (χ1n) is 7.60. The maximum atomic E-state index is 12.3. The molecule has 2 aliphatic rings. The molecule has 1 amide bonds. The third-order valence-corrected chi connectivity index (χ3v) is 4.33. The Balaban J connectivity index is 1.54. The molecule has 1 saturated carbocycles. The lowest BCUT2D eigenvalue weighted by molar-refractivity contribution is -0.134. The molecule has 1 aromatic heterocycles. The lowest BCUT2D eigenvalue weighted by atomic mass is 10.1. The van der Waals surface area contributed by atoms with Gasteiger partial charge in [-0.1, -0.05) is 18.9 Å². The molecule has 0 aromatic carbocycles. The van der Waals surface area contributed by atoms with E-state index in [2.05, 4.69) is 4.98 Å². The quantitative estimate of drug-likeness (QED) is 0.850. The van der Waals surface area contributed by atoms with Crippen LogP contribution in [0.1, 0.15) is 37.7 Å². The Kier molecular flexibility index (Phi) is 3.90. The topological polar surface area (TPSA) is 42.4 Å². The predicted molar refractivity (Wildman–Crippen MR) is 76.5 cm³/mol. The number of aromatic nitrogens is 1. The highest BCUT2D eigenvalue weighted by Gasteiger charge is 2.33. The van der Waals surface area contributed by atoms with Crippen molar-refractivity contribution in [3.05, 3.63) is 23.9 Å². The molecule has 4 heteroatoms. The number of carbonyl (C=O) groups excluding carboxylic acids is 1. The summed E-state index contributed by atoms with van der Waals surface area (Å²) in [4.78, 5) is 18.6. The van der Waals surface area contributed by atoms with E-state index in [4.69, 9.17) is 4.74 Å². The maximum Gasteiger partial charge on any atom is 0.225 e. The van der Waals surface area contributed by atoms with Gasteiger partial charge in [-0.25, -0.2) is 4.98 Å². The van der Waals surface area contributed by atoms with Gasteiger partial charge in [-0.3, -0.25) is 4.79 Å². The van der Waals surface area contributed by atoms with E-state index in [0.29, 0.717) is 18.3 Å². The molecule has 20 heavy (non-hydrogen) atoms. The first-order chi connectivity index (χ1) is 9.72. The second-order valence-corrected chi connectivity index (χ2v) is 5.97. The number of rotatable bonds is 3. The minimum Gasteiger partial charge on any atom is -0.472 e. The summed E-state index contributed by atoms with van der Waals surface area (Å²) in [6, 6.07) is 3.90. The van der Waals surface area contributed by atoms with Gasteiger partial charge in [-0.2, -0.15) is 0 Å². The van der Waals surface area contributed by atoms with Gasteiger partial charge in [0, 0.05) is 31.1 Å². The molecular weight excluding hydrogens is 252 g/mol. The highest BCUT2D eigenvalue weighted by molar-refractivity contribution is 5.79. The van der Waals surface area contributed by atoms with Gasteiger partial charge in [0.05, 0.1) is 6.54 Å². The number of ether oxygens (including phenoxy) is 1. The van der Waals surface area contributed by atoms with Crippen LogP contribution in [0.2, 0.25) is 0 Å². The van der Waals surface area contributed by atoms with E-state index in [9.17, 15) is 4.79 Å². The van der Waals surface area contributed by atoms with Crippen molar-refractivity contribution in [2.45, 2.75) is 45.1 Å². The first kappa shape index (κ1) is 13.4. The van der Waals surface area contributed by atoms with Gasteiger partial charge in [0.2, 0.25) is 11.8 Å². The molecule has 2 fully saturated rings. The van der Waals surface area contributed by atoms with E-state index in [1.54, 1.807) is 0 Å². The number of amides is 1. The number of hydrogen-bond acceptors (Lipinski definition) is 3. The second kappa shape index (κ2) is 5.81. The molecule has 1 aromatic rings. The van der Waals surface area contributed by atoms with E-state index in [1.807, 2.05) is 30.2 Å². The molecule has 108 valence electrons.